The van der Waals surface area contributed by atoms with Crippen LogP contribution in [0.25, 0.3) is 10.9 Å². The van der Waals surface area contributed by atoms with Crippen molar-refractivity contribution in [2.24, 2.45) is 0 Å². The van der Waals surface area contributed by atoms with E-state index in [2.05, 4.69) is 10.3 Å². The third-order valence-corrected chi connectivity index (χ3v) is 7.42. The first-order chi connectivity index (χ1) is 16.3. The van der Waals surface area contributed by atoms with Crippen molar-refractivity contribution in [2.45, 2.75) is 18.0 Å². The number of hydrogen-bond donors (Lipinski definition) is 1. The van der Waals surface area contributed by atoms with Crippen LogP contribution in [0.4, 0.5) is 0 Å². The van der Waals surface area contributed by atoms with Gasteiger partial charge in [-0.1, -0.05) is 18.2 Å². The van der Waals surface area contributed by atoms with Gasteiger partial charge in [-0.05, 0) is 48.0 Å². The number of hydrogen-bond acceptors (Lipinski definition) is 5. The van der Waals surface area contributed by atoms with Gasteiger partial charge in [0, 0.05) is 56.0 Å². The predicted octanol–water partition coefficient (Wildman–Crippen LogP) is 3.27. The summed E-state index contributed by atoms with van der Waals surface area (Å²) in [6.45, 7) is 0.725. The molecule has 0 saturated heterocycles. The molecule has 0 aliphatic carbocycles. The molecule has 0 unspecified atom stereocenters. The van der Waals surface area contributed by atoms with E-state index in [1.165, 1.54) is 18.4 Å². The second-order valence-corrected chi connectivity index (χ2v) is 10.1. The molecule has 1 N–H and O–H groups in total. The van der Waals surface area contributed by atoms with Gasteiger partial charge in [0.1, 0.15) is 11.4 Å². The van der Waals surface area contributed by atoms with E-state index >= 15 is 0 Å². The lowest BCUT2D eigenvalue weighted by atomic mass is 10.2. The highest BCUT2D eigenvalue weighted by Gasteiger charge is 2.21. The van der Waals surface area contributed by atoms with Crippen LogP contribution in [0.5, 0.6) is 5.75 Å². The van der Waals surface area contributed by atoms with Crippen LogP contribution in [-0.2, 0) is 23.1 Å². The van der Waals surface area contributed by atoms with Crippen molar-refractivity contribution in [1.29, 1.82) is 0 Å². The molecular weight excluding hydrogens is 452 g/mol. The van der Waals surface area contributed by atoms with Gasteiger partial charge in [-0.15, -0.1) is 0 Å². The topological polar surface area (TPSA) is 93.5 Å². The number of ether oxygens (including phenoxy) is 1. The minimum absolute atomic E-state index is 0.173. The Kier molecular flexibility index (Phi) is 6.67. The molecule has 0 atom stereocenters. The summed E-state index contributed by atoms with van der Waals surface area (Å²) < 4.78 is 33.7. The SMILES string of the molecule is COc1ccccc1CNC(=O)c1cc2cc(S(=O)(=O)N(C)C)ccc2n1Cc1ccncc1. The van der Waals surface area contributed by atoms with Gasteiger partial charge in [-0.3, -0.25) is 9.78 Å². The molecule has 0 fully saturated rings. The molecular formula is C25H26N4O4S. The first kappa shape index (κ1) is 23.5. The quantitative estimate of drug-likeness (QED) is 0.420. The molecule has 8 nitrogen and oxygen atoms in total. The lowest BCUT2D eigenvalue weighted by Gasteiger charge is -2.13. The number of nitrogens with zero attached hydrogens (tertiary/aromatic N) is 3. The van der Waals surface area contributed by atoms with Crippen molar-refractivity contribution in [3.8, 4) is 5.75 Å². The molecule has 4 rings (SSSR count). The lowest BCUT2D eigenvalue weighted by Crippen LogP contribution is -2.25. The minimum Gasteiger partial charge on any atom is -0.496 e. The molecule has 34 heavy (non-hydrogen) atoms. The Balaban J connectivity index is 1.73. The number of methoxy groups -OCH3 is 1. The van der Waals surface area contributed by atoms with Crippen LogP contribution < -0.4 is 10.1 Å². The first-order valence-corrected chi connectivity index (χ1v) is 12.1. The predicted molar refractivity (Wildman–Crippen MR) is 130 cm³/mol. The third-order valence-electron chi connectivity index (χ3n) is 5.61. The molecule has 0 aliphatic heterocycles. The van der Waals surface area contributed by atoms with Crippen LogP contribution in [0, 0.1) is 0 Å². The average molecular weight is 479 g/mol. The molecule has 0 saturated carbocycles. The highest BCUT2D eigenvalue weighted by Crippen LogP contribution is 2.26. The fourth-order valence-corrected chi connectivity index (χ4v) is 4.70. The van der Waals surface area contributed by atoms with E-state index in [-0.39, 0.29) is 10.8 Å². The van der Waals surface area contributed by atoms with E-state index in [0.29, 0.717) is 29.9 Å². The minimum atomic E-state index is -3.60. The maximum atomic E-state index is 13.3. The van der Waals surface area contributed by atoms with Crippen molar-refractivity contribution < 1.29 is 17.9 Å². The molecule has 176 valence electrons. The summed E-state index contributed by atoms with van der Waals surface area (Å²) in [5.74, 6) is 0.423. The fourth-order valence-electron chi connectivity index (χ4n) is 3.76. The van der Waals surface area contributed by atoms with Gasteiger partial charge in [-0.2, -0.15) is 0 Å². The van der Waals surface area contributed by atoms with Crippen LogP contribution in [0.3, 0.4) is 0 Å². The number of para-hydroxylation sites is 1. The number of sulfonamides is 1. The number of pyridine rings is 1. The smallest absolute Gasteiger partial charge is 0.268 e. The van der Waals surface area contributed by atoms with Crippen LogP contribution in [-0.4, -0.2) is 49.4 Å². The molecule has 2 aromatic carbocycles. The van der Waals surface area contributed by atoms with Gasteiger partial charge in [0.25, 0.3) is 5.91 Å². The Morgan fingerprint density at radius 1 is 1.06 bits per heavy atom. The molecule has 0 radical (unpaired) electrons. The Morgan fingerprint density at radius 3 is 2.50 bits per heavy atom. The number of amides is 1. The summed E-state index contributed by atoms with van der Waals surface area (Å²) in [6, 6.07) is 17.9. The molecule has 0 spiro atoms. The Hall–Kier alpha value is -3.69. The van der Waals surface area contributed by atoms with Crippen molar-refractivity contribution in [3.05, 3.63) is 89.9 Å². The van der Waals surface area contributed by atoms with E-state index in [1.54, 1.807) is 43.8 Å². The van der Waals surface area contributed by atoms with Gasteiger partial charge in [0.2, 0.25) is 10.0 Å². The Morgan fingerprint density at radius 2 is 1.79 bits per heavy atom. The number of carbonyl (C=O) groups is 1. The van der Waals surface area contributed by atoms with Crippen LogP contribution in [0.15, 0.2) is 78.0 Å². The van der Waals surface area contributed by atoms with Gasteiger partial charge in [0.05, 0.1) is 12.0 Å². The lowest BCUT2D eigenvalue weighted by molar-refractivity contribution is 0.0942. The number of aromatic nitrogens is 2. The second kappa shape index (κ2) is 9.66. The summed E-state index contributed by atoms with van der Waals surface area (Å²) in [6.07, 6.45) is 3.40. The zero-order chi connectivity index (χ0) is 24.3. The van der Waals surface area contributed by atoms with Gasteiger partial charge < -0.3 is 14.6 Å². The second-order valence-electron chi connectivity index (χ2n) is 7.97. The number of fused-ring (bicyclic) bond motifs is 1. The zero-order valence-electron chi connectivity index (χ0n) is 19.2. The van der Waals surface area contributed by atoms with Crippen molar-refractivity contribution >= 4 is 26.8 Å². The average Bonchev–Trinajstić information content (AvgIpc) is 3.20. The maximum absolute atomic E-state index is 13.3. The summed E-state index contributed by atoms with van der Waals surface area (Å²) >= 11 is 0. The molecule has 2 aromatic heterocycles. The van der Waals surface area contributed by atoms with E-state index in [0.717, 1.165) is 16.6 Å². The standard InChI is InChI=1S/C25H26N4O4S/c1-28(2)34(31,32)21-8-9-22-20(14-21)15-23(29(22)17-18-10-12-26-13-11-18)25(30)27-16-19-6-4-5-7-24(19)33-3/h4-15H,16-17H2,1-3H3,(H,27,30). The summed E-state index contributed by atoms with van der Waals surface area (Å²) in [5, 5.41) is 3.63. The molecule has 0 bridgehead atoms. The highest BCUT2D eigenvalue weighted by atomic mass is 32.2. The molecule has 2 heterocycles. The number of rotatable bonds is 8. The maximum Gasteiger partial charge on any atom is 0.268 e. The van der Waals surface area contributed by atoms with Gasteiger partial charge in [0.15, 0.2) is 0 Å². The third kappa shape index (κ3) is 4.66. The van der Waals surface area contributed by atoms with Crippen molar-refractivity contribution in [3.63, 3.8) is 0 Å². The van der Waals surface area contributed by atoms with Crippen molar-refractivity contribution in [2.75, 3.05) is 21.2 Å². The zero-order valence-corrected chi connectivity index (χ0v) is 20.0. The van der Waals surface area contributed by atoms with Crippen LogP contribution in [0.2, 0.25) is 0 Å². The molecule has 4 aromatic rings. The normalized spacial score (nSPS) is 11.6. The van der Waals surface area contributed by atoms with E-state index in [9.17, 15) is 13.2 Å². The van der Waals surface area contributed by atoms with E-state index in [4.69, 9.17) is 4.74 Å². The summed E-state index contributed by atoms with van der Waals surface area (Å²) in [7, 11) is 0.968. The number of carbonyl (C=O) groups excluding carboxylic acids is 1. The Bertz CT molecular complexity index is 1430. The van der Waals surface area contributed by atoms with Gasteiger partial charge in [-0.25, -0.2) is 12.7 Å². The number of nitrogens with one attached hydrogen (secondary N) is 1. The summed E-state index contributed by atoms with van der Waals surface area (Å²) in [5.41, 5.74) is 3.02. The van der Waals surface area contributed by atoms with Crippen LogP contribution >= 0.6 is 0 Å². The van der Waals surface area contributed by atoms with E-state index in [1.807, 2.05) is 41.0 Å². The molecule has 0 aliphatic rings. The highest BCUT2D eigenvalue weighted by molar-refractivity contribution is 7.89. The van der Waals surface area contributed by atoms with Crippen LogP contribution in [0.1, 0.15) is 21.6 Å². The summed E-state index contributed by atoms with van der Waals surface area (Å²) in [4.78, 5) is 17.5. The number of benzene rings is 2. The Labute approximate surface area is 198 Å². The first-order valence-electron chi connectivity index (χ1n) is 10.7. The van der Waals surface area contributed by atoms with E-state index < -0.39 is 10.0 Å². The fraction of sp³-hybridized carbons (Fsp3) is 0.200. The largest absolute Gasteiger partial charge is 0.496 e. The van der Waals surface area contributed by atoms with Gasteiger partial charge >= 0.3 is 0 Å². The molecule has 9 heteroatoms. The van der Waals surface area contributed by atoms with Crippen molar-refractivity contribution in [1.82, 2.24) is 19.2 Å². The molecule has 1 amide bonds. The monoisotopic (exact) mass is 478 g/mol.